The fraction of sp³-hybridized carbons (Fsp3) is 0.0500. The zero-order valence-electron chi connectivity index (χ0n) is 14.2. The number of nitrogens with one attached hydrogen (secondary N) is 1. The van der Waals surface area contributed by atoms with E-state index in [4.69, 9.17) is 4.74 Å². The van der Waals surface area contributed by atoms with Crippen LogP contribution >= 0.6 is 0 Å². The Hall–Kier alpha value is -3.19. The maximum Gasteiger partial charge on any atom is 0.276 e. The first-order valence-electron chi connectivity index (χ1n) is 8.11. The number of para-hydroxylation sites is 1. The Morgan fingerprint density at radius 2 is 1.59 bits per heavy atom. The molecule has 0 spiro atoms. The van der Waals surface area contributed by atoms with E-state index in [0.717, 1.165) is 5.56 Å². The molecular formula is C20H17FN2O3S. The number of hydrogen-bond donors (Lipinski definition) is 1. The van der Waals surface area contributed by atoms with Gasteiger partial charge in [0.25, 0.3) is 10.0 Å². The monoisotopic (exact) mass is 384 g/mol. The summed E-state index contributed by atoms with van der Waals surface area (Å²) in [6, 6.07) is 21.1. The average Bonchev–Trinajstić information content (AvgIpc) is 2.69. The summed E-state index contributed by atoms with van der Waals surface area (Å²) < 4.78 is 43.0. The molecule has 0 unspecified atom stereocenters. The minimum absolute atomic E-state index is 0.128. The van der Waals surface area contributed by atoms with Gasteiger partial charge in [-0.25, -0.2) is 9.22 Å². The van der Waals surface area contributed by atoms with E-state index in [2.05, 4.69) is 9.93 Å². The molecule has 0 heterocycles. The molecular weight excluding hydrogens is 367 g/mol. The van der Waals surface area contributed by atoms with Crippen LogP contribution < -0.4 is 9.57 Å². The average molecular weight is 384 g/mol. The number of halogens is 1. The molecule has 0 radical (unpaired) electrons. The van der Waals surface area contributed by atoms with E-state index in [1.54, 1.807) is 54.6 Å². The minimum Gasteiger partial charge on any atom is -0.488 e. The molecule has 0 aromatic heterocycles. The van der Waals surface area contributed by atoms with Gasteiger partial charge in [-0.05, 0) is 42.0 Å². The van der Waals surface area contributed by atoms with Crippen LogP contribution in [0.3, 0.4) is 0 Å². The van der Waals surface area contributed by atoms with Gasteiger partial charge in [0.05, 0.1) is 11.1 Å². The maximum atomic E-state index is 13.0. The third kappa shape index (κ3) is 5.15. The van der Waals surface area contributed by atoms with Gasteiger partial charge in [0.1, 0.15) is 18.2 Å². The number of hydrazone groups is 1. The van der Waals surface area contributed by atoms with E-state index < -0.39 is 10.0 Å². The van der Waals surface area contributed by atoms with E-state index >= 15 is 0 Å². The Bertz CT molecular complexity index is 1020. The SMILES string of the molecule is O=S(=O)(NN=Cc1ccccc1OCc1ccc(F)cc1)c1ccccc1. The van der Waals surface area contributed by atoms with Gasteiger partial charge < -0.3 is 4.74 Å². The maximum absolute atomic E-state index is 13.0. The topological polar surface area (TPSA) is 67.8 Å². The van der Waals surface area contributed by atoms with Gasteiger partial charge in [-0.15, -0.1) is 0 Å². The van der Waals surface area contributed by atoms with Crippen molar-refractivity contribution in [2.45, 2.75) is 11.5 Å². The predicted octanol–water partition coefficient (Wildman–Crippen LogP) is 3.72. The molecule has 0 aliphatic heterocycles. The summed E-state index contributed by atoms with van der Waals surface area (Å²) in [6.45, 7) is 0.251. The largest absolute Gasteiger partial charge is 0.488 e. The van der Waals surface area contributed by atoms with Crippen LogP contribution in [-0.4, -0.2) is 14.6 Å². The van der Waals surface area contributed by atoms with Crippen LogP contribution in [0, 0.1) is 5.82 Å². The molecule has 0 bridgehead atoms. The van der Waals surface area contributed by atoms with Crippen molar-refractivity contribution in [2.75, 3.05) is 0 Å². The third-order valence-corrected chi connectivity index (χ3v) is 4.90. The smallest absolute Gasteiger partial charge is 0.276 e. The van der Waals surface area contributed by atoms with Crippen LogP contribution in [0.2, 0.25) is 0 Å². The summed E-state index contributed by atoms with van der Waals surface area (Å²) >= 11 is 0. The van der Waals surface area contributed by atoms with Gasteiger partial charge in [0.15, 0.2) is 0 Å². The van der Waals surface area contributed by atoms with Crippen LogP contribution in [0.25, 0.3) is 0 Å². The lowest BCUT2D eigenvalue weighted by atomic mass is 10.2. The number of rotatable bonds is 7. The van der Waals surface area contributed by atoms with E-state index in [1.807, 2.05) is 0 Å². The van der Waals surface area contributed by atoms with Gasteiger partial charge in [-0.1, -0.05) is 42.5 Å². The molecule has 0 aliphatic rings. The molecule has 7 heteroatoms. The van der Waals surface area contributed by atoms with Gasteiger partial charge in [-0.2, -0.15) is 13.5 Å². The Kier molecular flexibility index (Phi) is 5.83. The molecule has 1 N–H and O–H groups in total. The van der Waals surface area contributed by atoms with Crippen molar-refractivity contribution < 1.29 is 17.5 Å². The number of nitrogens with zero attached hydrogens (tertiary/aromatic N) is 1. The van der Waals surface area contributed by atoms with Gasteiger partial charge in [0, 0.05) is 5.56 Å². The third-order valence-electron chi connectivity index (χ3n) is 3.66. The molecule has 0 saturated heterocycles. The zero-order valence-corrected chi connectivity index (χ0v) is 15.1. The number of hydrogen-bond acceptors (Lipinski definition) is 4. The van der Waals surface area contributed by atoms with Gasteiger partial charge in [-0.3, -0.25) is 0 Å². The summed E-state index contributed by atoms with van der Waals surface area (Å²) in [5.41, 5.74) is 1.42. The van der Waals surface area contributed by atoms with Crippen molar-refractivity contribution >= 4 is 16.2 Å². The highest BCUT2D eigenvalue weighted by Gasteiger charge is 2.11. The van der Waals surface area contributed by atoms with Crippen molar-refractivity contribution in [3.63, 3.8) is 0 Å². The number of sulfonamides is 1. The lowest BCUT2D eigenvalue weighted by molar-refractivity contribution is 0.305. The van der Waals surface area contributed by atoms with E-state index in [0.29, 0.717) is 11.3 Å². The molecule has 3 aromatic carbocycles. The molecule has 0 atom stereocenters. The second-order valence-corrected chi connectivity index (χ2v) is 7.28. The Labute approximate surface area is 157 Å². The Morgan fingerprint density at radius 1 is 0.926 bits per heavy atom. The van der Waals surface area contributed by atoms with Crippen LogP contribution in [0.1, 0.15) is 11.1 Å². The molecule has 0 aliphatic carbocycles. The molecule has 0 fully saturated rings. The quantitative estimate of drug-likeness (QED) is 0.499. The molecule has 5 nitrogen and oxygen atoms in total. The summed E-state index contributed by atoms with van der Waals surface area (Å²) in [5, 5.41) is 3.82. The second kappa shape index (κ2) is 8.46. The van der Waals surface area contributed by atoms with Crippen molar-refractivity contribution in [1.82, 2.24) is 4.83 Å². The van der Waals surface area contributed by atoms with Crippen LogP contribution in [0.5, 0.6) is 5.75 Å². The fourth-order valence-electron chi connectivity index (χ4n) is 2.28. The van der Waals surface area contributed by atoms with E-state index in [-0.39, 0.29) is 17.3 Å². The highest BCUT2D eigenvalue weighted by atomic mass is 32.2. The molecule has 3 aromatic rings. The second-order valence-electron chi connectivity index (χ2n) is 5.62. The normalized spacial score (nSPS) is 11.4. The van der Waals surface area contributed by atoms with Crippen molar-refractivity contribution in [1.29, 1.82) is 0 Å². The summed E-state index contributed by atoms with van der Waals surface area (Å²) in [5.74, 6) is 0.224. The standard InChI is InChI=1S/C20H17FN2O3S/c21-18-12-10-16(11-13-18)15-26-20-9-5-4-6-17(20)14-22-23-27(24,25)19-7-2-1-3-8-19/h1-14,23H,15H2. The minimum atomic E-state index is -3.73. The predicted molar refractivity (Wildman–Crippen MR) is 102 cm³/mol. The Balaban J connectivity index is 1.68. The number of ether oxygens (including phenoxy) is 1. The molecule has 27 heavy (non-hydrogen) atoms. The van der Waals surface area contributed by atoms with Gasteiger partial charge in [0.2, 0.25) is 0 Å². The first-order valence-corrected chi connectivity index (χ1v) is 9.59. The van der Waals surface area contributed by atoms with Crippen molar-refractivity contribution in [3.8, 4) is 5.75 Å². The highest BCUT2D eigenvalue weighted by molar-refractivity contribution is 7.89. The summed E-state index contributed by atoms with van der Waals surface area (Å²) in [7, 11) is -3.73. The molecule has 3 rings (SSSR count). The zero-order chi connectivity index (χ0) is 19.1. The molecule has 138 valence electrons. The van der Waals surface area contributed by atoms with Crippen molar-refractivity contribution in [2.24, 2.45) is 5.10 Å². The van der Waals surface area contributed by atoms with Gasteiger partial charge >= 0.3 is 0 Å². The Morgan fingerprint density at radius 3 is 2.33 bits per heavy atom. The van der Waals surface area contributed by atoms with Crippen LogP contribution in [-0.2, 0) is 16.6 Å². The summed E-state index contributed by atoms with van der Waals surface area (Å²) in [4.78, 5) is 2.30. The first kappa shape index (κ1) is 18.6. The number of benzene rings is 3. The van der Waals surface area contributed by atoms with E-state index in [1.165, 1.54) is 30.5 Å². The van der Waals surface area contributed by atoms with E-state index in [9.17, 15) is 12.8 Å². The van der Waals surface area contributed by atoms with Crippen LogP contribution in [0.4, 0.5) is 4.39 Å². The molecule has 0 saturated carbocycles. The van der Waals surface area contributed by atoms with Crippen LogP contribution in [0.15, 0.2) is 88.9 Å². The lowest BCUT2D eigenvalue weighted by Crippen LogP contribution is -2.18. The first-order chi connectivity index (χ1) is 13.0. The lowest BCUT2D eigenvalue weighted by Gasteiger charge is -2.09. The van der Waals surface area contributed by atoms with Crippen molar-refractivity contribution in [3.05, 3.63) is 95.8 Å². The molecule has 0 amide bonds. The fourth-order valence-corrected chi connectivity index (χ4v) is 3.09. The highest BCUT2D eigenvalue weighted by Crippen LogP contribution is 2.18. The summed E-state index contributed by atoms with van der Waals surface area (Å²) in [6.07, 6.45) is 1.38.